The number of hydrogen-bond acceptors (Lipinski definition) is 4. The van der Waals surface area contributed by atoms with Crippen molar-refractivity contribution in [1.82, 2.24) is 5.32 Å². The maximum absolute atomic E-state index is 11.9. The van der Waals surface area contributed by atoms with Crippen molar-refractivity contribution in [2.75, 3.05) is 18.1 Å². The summed E-state index contributed by atoms with van der Waals surface area (Å²) in [4.78, 5) is 12.1. The molecular formula is C17H19ClN2O3S. The molecule has 1 amide bonds. The van der Waals surface area contributed by atoms with E-state index in [-0.39, 0.29) is 17.3 Å². The summed E-state index contributed by atoms with van der Waals surface area (Å²) >= 11 is 5.98. The number of sulfone groups is 1. The van der Waals surface area contributed by atoms with E-state index in [0.717, 1.165) is 11.8 Å². The molecule has 0 radical (unpaired) electrons. The number of carbonyl (C=O) groups is 1. The Morgan fingerprint density at radius 2 is 1.83 bits per heavy atom. The largest absolute Gasteiger partial charge is 0.376 e. The molecule has 0 aliphatic heterocycles. The van der Waals surface area contributed by atoms with Crippen LogP contribution in [0.3, 0.4) is 0 Å². The van der Waals surface area contributed by atoms with Gasteiger partial charge in [0.1, 0.15) is 0 Å². The zero-order valence-electron chi connectivity index (χ0n) is 13.5. The highest BCUT2D eigenvalue weighted by Crippen LogP contribution is 2.27. The second-order valence-electron chi connectivity index (χ2n) is 5.46. The van der Waals surface area contributed by atoms with Gasteiger partial charge in [0.05, 0.1) is 11.4 Å². The average Bonchev–Trinajstić information content (AvgIpc) is 2.53. The van der Waals surface area contributed by atoms with Gasteiger partial charge in [-0.05, 0) is 30.2 Å². The molecular weight excluding hydrogens is 348 g/mol. The van der Waals surface area contributed by atoms with Crippen molar-refractivity contribution in [2.45, 2.75) is 18.4 Å². The molecule has 2 aromatic rings. The fourth-order valence-electron chi connectivity index (χ4n) is 2.26. The lowest BCUT2D eigenvalue weighted by Gasteiger charge is -2.13. The van der Waals surface area contributed by atoms with Crippen molar-refractivity contribution < 1.29 is 13.2 Å². The minimum atomic E-state index is -3.39. The van der Waals surface area contributed by atoms with Gasteiger partial charge in [-0.15, -0.1) is 0 Å². The van der Waals surface area contributed by atoms with Crippen LogP contribution in [0.5, 0.6) is 0 Å². The van der Waals surface area contributed by atoms with Gasteiger partial charge < -0.3 is 10.6 Å². The first kappa shape index (κ1) is 18.3. The van der Waals surface area contributed by atoms with Crippen LogP contribution in [0.2, 0.25) is 5.02 Å². The molecule has 2 rings (SSSR count). The highest BCUT2D eigenvalue weighted by Gasteiger charge is 2.15. The van der Waals surface area contributed by atoms with Gasteiger partial charge in [-0.1, -0.05) is 41.9 Å². The predicted molar refractivity (Wildman–Crippen MR) is 96.1 cm³/mol. The summed E-state index contributed by atoms with van der Waals surface area (Å²) in [5.74, 6) is -0.195. The van der Waals surface area contributed by atoms with Crippen LogP contribution in [0.25, 0.3) is 0 Å². The first-order valence-corrected chi connectivity index (χ1v) is 9.59. The third kappa shape index (κ3) is 4.97. The third-order valence-electron chi connectivity index (χ3n) is 3.50. The lowest BCUT2D eigenvalue weighted by atomic mass is 10.2. The fraction of sp³-hybridized carbons (Fsp3) is 0.235. The lowest BCUT2D eigenvalue weighted by molar-refractivity contribution is -0.119. The van der Waals surface area contributed by atoms with Crippen LogP contribution in [0.15, 0.2) is 47.4 Å². The molecule has 128 valence electrons. The average molecular weight is 367 g/mol. The number of benzene rings is 2. The lowest BCUT2D eigenvalue weighted by Crippen LogP contribution is -2.29. The molecule has 7 heteroatoms. The van der Waals surface area contributed by atoms with E-state index >= 15 is 0 Å². The first-order chi connectivity index (χ1) is 11.3. The van der Waals surface area contributed by atoms with E-state index in [1.165, 1.54) is 6.07 Å². The van der Waals surface area contributed by atoms with Crippen molar-refractivity contribution in [2.24, 2.45) is 0 Å². The number of halogens is 1. The van der Waals surface area contributed by atoms with Gasteiger partial charge in [-0.3, -0.25) is 4.79 Å². The normalized spacial score (nSPS) is 11.1. The zero-order valence-corrected chi connectivity index (χ0v) is 15.0. The van der Waals surface area contributed by atoms with Crippen LogP contribution < -0.4 is 10.6 Å². The van der Waals surface area contributed by atoms with E-state index in [1.54, 1.807) is 13.0 Å². The van der Waals surface area contributed by atoms with Crippen molar-refractivity contribution in [3.05, 3.63) is 58.6 Å². The Morgan fingerprint density at radius 1 is 1.17 bits per heavy atom. The predicted octanol–water partition coefficient (Wildman–Crippen LogP) is 2.78. The van der Waals surface area contributed by atoms with Gasteiger partial charge in [0, 0.05) is 23.5 Å². The SMILES string of the molecule is Cc1c(NCC(=O)NCc2ccccc2)cc(Cl)cc1S(C)(=O)=O. The van der Waals surface area contributed by atoms with Crippen LogP contribution in [0, 0.1) is 6.92 Å². The van der Waals surface area contributed by atoms with Crippen molar-refractivity contribution in [1.29, 1.82) is 0 Å². The van der Waals surface area contributed by atoms with Gasteiger partial charge >= 0.3 is 0 Å². The molecule has 0 aliphatic rings. The molecule has 2 N–H and O–H groups in total. The van der Waals surface area contributed by atoms with Gasteiger partial charge in [0.2, 0.25) is 5.91 Å². The smallest absolute Gasteiger partial charge is 0.239 e. The highest BCUT2D eigenvalue weighted by atomic mass is 35.5. The standard InChI is InChI=1S/C17H19ClN2O3S/c1-12-15(8-14(18)9-16(12)24(2,22)23)19-11-17(21)20-10-13-6-4-3-5-7-13/h3-9,19H,10-11H2,1-2H3,(H,20,21). The second-order valence-corrected chi connectivity index (χ2v) is 7.89. The molecule has 0 saturated carbocycles. The van der Waals surface area contributed by atoms with Crippen molar-refractivity contribution in [3.8, 4) is 0 Å². The molecule has 0 unspecified atom stereocenters. The maximum Gasteiger partial charge on any atom is 0.239 e. The molecule has 0 saturated heterocycles. The van der Waals surface area contributed by atoms with Crippen LogP contribution in [-0.2, 0) is 21.2 Å². The number of anilines is 1. The molecule has 24 heavy (non-hydrogen) atoms. The number of rotatable bonds is 6. The Balaban J connectivity index is 2.01. The monoisotopic (exact) mass is 366 g/mol. The Bertz CT molecular complexity index is 836. The Morgan fingerprint density at radius 3 is 2.46 bits per heavy atom. The summed E-state index contributed by atoms with van der Waals surface area (Å²) in [6, 6.07) is 12.6. The summed E-state index contributed by atoms with van der Waals surface area (Å²) in [7, 11) is -3.39. The van der Waals surface area contributed by atoms with Crippen LogP contribution in [0.4, 0.5) is 5.69 Å². The van der Waals surface area contributed by atoms with Crippen LogP contribution in [0.1, 0.15) is 11.1 Å². The van der Waals surface area contributed by atoms with Crippen molar-refractivity contribution >= 4 is 33.0 Å². The summed E-state index contributed by atoms with van der Waals surface area (Å²) < 4.78 is 23.6. The minimum absolute atomic E-state index is 0.0250. The number of amides is 1. The summed E-state index contributed by atoms with van der Waals surface area (Å²) in [5.41, 5.74) is 2.07. The van der Waals surface area contributed by atoms with Crippen molar-refractivity contribution in [3.63, 3.8) is 0 Å². The van der Waals surface area contributed by atoms with Crippen LogP contribution >= 0.6 is 11.6 Å². The van der Waals surface area contributed by atoms with Gasteiger partial charge in [0.25, 0.3) is 0 Å². The number of carbonyl (C=O) groups excluding carboxylic acids is 1. The molecule has 0 fully saturated rings. The Kier molecular flexibility index (Phi) is 5.85. The van der Waals surface area contributed by atoms with E-state index in [2.05, 4.69) is 10.6 Å². The summed E-state index contributed by atoms with van der Waals surface area (Å²) in [6.45, 7) is 2.14. The quantitative estimate of drug-likeness (QED) is 0.824. The second kappa shape index (κ2) is 7.68. The van der Waals surface area contributed by atoms with E-state index in [9.17, 15) is 13.2 Å². The topological polar surface area (TPSA) is 75.3 Å². The maximum atomic E-state index is 11.9. The van der Waals surface area contributed by atoms with E-state index < -0.39 is 9.84 Å². The van der Waals surface area contributed by atoms with E-state index in [0.29, 0.717) is 22.8 Å². The first-order valence-electron chi connectivity index (χ1n) is 7.32. The molecule has 2 aromatic carbocycles. The van der Waals surface area contributed by atoms with Gasteiger partial charge in [0.15, 0.2) is 9.84 Å². The van der Waals surface area contributed by atoms with Crippen LogP contribution in [-0.4, -0.2) is 27.1 Å². The molecule has 0 aromatic heterocycles. The van der Waals surface area contributed by atoms with Gasteiger partial charge in [-0.2, -0.15) is 0 Å². The Hall–Kier alpha value is -2.05. The van der Waals surface area contributed by atoms with E-state index in [4.69, 9.17) is 11.6 Å². The highest BCUT2D eigenvalue weighted by molar-refractivity contribution is 7.90. The molecule has 0 aliphatic carbocycles. The summed E-state index contributed by atoms with van der Waals surface area (Å²) in [5, 5.41) is 6.04. The molecule has 0 spiro atoms. The Labute approximate surface area is 147 Å². The molecule has 0 atom stereocenters. The fourth-order valence-corrected chi connectivity index (χ4v) is 3.55. The van der Waals surface area contributed by atoms with E-state index in [1.807, 2.05) is 30.3 Å². The minimum Gasteiger partial charge on any atom is -0.376 e. The molecule has 0 bridgehead atoms. The molecule has 5 nitrogen and oxygen atoms in total. The number of hydrogen-bond donors (Lipinski definition) is 2. The zero-order chi connectivity index (χ0) is 17.7. The number of nitrogens with one attached hydrogen (secondary N) is 2. The summed E-state index contributed by atoms with van der Waals surface area (Å²) in [6.07, 6.45) is 1.13. The molecule has 0 heterocycles. The van der Waals surface area contributed by atoms with Gasteiger partial charge in [-0.25, -0.2) is 8.42 Å². The third-order valence-corrected chi connectivity index (χ3v) is 4.94.